The third-order valence-corrected chi connectivity index (χ3v) is 4.98. The number of carbonyl (C=O) groups is 2. The fourth-order valence-electron chi connectivity index (χ4n) is 3.71. The number of hydrogen-bond acceptors (Lipinski definition) is 5. The molecule has 2 bridgehead atoms. The first-order valence-electron chi connectivity index (χ1n) is 8.28. The molecule has 3 aliphatic heterocycles. The van der Waals surface area contributed by atoms with Crippen LogP contribution in [0.5, 0.6) is 0 Å². The van der Waals surface area contributed by atoms with E-state index >= 15 is 0 Å². The SMILES string of the molecule is CC(=O)Nc1coc2cnc(C(=O)N[C@H]3CN4CCC3CC4)cc12. The first-order valence-corrected chi connectivity index (χ1v) is 8.28. The fraction of sp³-hybridized carbons (Fsp3) is 0.471. The minimum Gasteiger partial charge on any atom is -0.460 e. The lowest BCUT2D eigenvalue weighted by Crippen LogP contribution is -2.57. The Morgan fingerprint density at radius 3 is 2.79 bits per heavy atom. The van der Waals surface area contributed by atoms with Crippen LogP contribution in [0.3, 0.4) is 0 Å². The number of furan rings is 1. The Morgan fingerprint density at radius 2 is 2.12 bits per heavy atom. The van der Waals surface area contributed by atoms with Gasteiger partial charge in [-0.2, -0.15) is 0 Å². The van der Waals surface area contributed by atoms with Crippen molar-refractivity contribution in [1.29, 1.82) is 0 Å². The van der Waals surface area contributed by atoms with Crippen LogP contribution in [0.1, 0.15) is 30.3 Å². The lowest BCUT2D eigenvalue weighted by atomic mass is 9.84. The number of nitrogens with one attached hydrogen (secondary N) is 2. The van der Waals surface area contributed by atoms with Gasteiger partial charge in [0.25, 0.3) is 5.91 Å². The van der Waals surface area contributed by atoms with Crippen LogP contribution in [0.25, 0.3) is 11.0 Å². The molecule has 0 spiro atoms. The van der Waals surface area contributed by atoms with Crippen molar-refractivity contribution in [3.8, 4) is 0 Å². The molecule has 1 atom stereocenters. The van der Waals surface area contributed by atoms with Crippen LogP contribution in [-0.2, 0) is 4.79 Å². The number of nitrogens with zero attached hydrogens (tertiary/aromatic N) is 2. The molecule has 0 aromatic carbocycles. The molecule has 0 saturated carbocycles. The molecular formula is C17H20N4O3. The second-order valence-electron chi connectivity index (χ2n) is 6.61. The number of hydrogen-bond donors (Lipinski definition) is 2. The average molecular weight is 328 g/mol. The van der Waals surface area contributed by atoms with Crippen molar-refractivity contribution < 1.29 is 14.0 Å². The van der Waals surface area contributed by atoms with E-state index in [1.54, 1.807) is 6.07 Å². The first kappa shape index (κ1) is 15.1. The molecule has 2 aromatic rings. The van der Waals surface area contributed by atoms with Gasteiger partial charge in [0, 0.05) is 24.9 Å². The van der Waals surface area contributed by atoms with Gasteiger partial charge in [-0.15, -0.1) is 0 Å². The second kappa shape index (κ2) is 5.90. The predicted octanol–water partition coefficient (Wildman–Crippen LogP) is 1.61. The lowest BCUT2D eigenvalue weighted by Gasteiger charge is -2.44. The zero-order valence-electron chi connectivity index (χ0n) is 13.5. The average Bonchev–Trinajstić information content (AvgIpc) is 2.97. The molecule has 2 N–H and O–H groups in total. The number of rotatable bonds is 3. The maximum Gasteiger partial charge on any atom is 0.270 e. The summed E-state index contributed by atoms with van der Waals surface area (Å²) in [6, 6.07) is 1.86. The van der Waals surface area contributed by atoms with Gasteiger partial charge in [-0.05, 0) is 37.9 Å². The highest BCUT2D eigenvalue weighted by molar-refractivity contribution is 6.02. The molecule has 3 fully saturated rings. The summed E-state index contributed by atoms with van der Waals surface area (Å²) in [4.78, 5) is 30.4. The van der Waals surface area contributed by atoms with Crippen molar-refractivity contribution in [3.05, 3.63) is 24.2 Å². The highest BCUT2D eigenvalue weighted by atomic mass is 16.3. The van der Waals surface area contributed by atoms with E-state index in [9.17, 15) is 9.59 Å². The minimum absolute atomic E-state index is 0.175. The zero-order chi connectivity index (χ0) is 16.7. The summed E-state index contributed by atoms with van der Waals surface area (Å²) in [5.74, 6) is 0.199. The number of aromatic nitrogens is 1. The normalized spacial score (nSPS) is 25.6. The molecule has 0 radical (unpaired) electrons. The Bertz CT molecular complexity index is 792. The molecule has 3 aliphatic rings. The largest absolute Gasteiger partial charge is 0.460 e. The Labute approximate surface area is 139 Å². The van der Waals surface area contributed by atoms with Gasteiger partial charge in [-0.1, -0.05) is 0 Å². The smallest absolute Gasteiger partial charge is 0.270 e. The number of pyridine rings is 1. The van der Waals surface area contributed by atoms with Crippen LogP contribution >= 0.6 is 0 Å². The van der Waals surface area contributed by atoms with Crippen molar-refractivity contribution in [2.45, 2.75) is 25.8 Å². The van der Waals surface area contributed by atoms with E-state index in [0.717, 1.165) is 32.5 Å². The summed E-state index contributed by atoms with van der Waals surface area (Å²) in [5, 5.41) is 6.50. The molecule has 24 heavy (non-hydrogen) atoms. The van der Waals surface area contributed by atoms with E-state index in [2.05, 4.69) is 20.5 Å². The predicted molar refractivity (Wildman–Crippen MR) is 88.7 cm³/mol. The fourth-order valence-corrected chi connectivity index (χ4v) is 3.71. The number of fused-ring (bicyclic) bond motifs is 4. The topological polar surface area (TPSA) is 87.5 Å². The molecule has 0 aliphatic carbocycles. The molecule has 126 valence electrons. The van der Waals surface area contributed by atoms with Crippen LogP contribution in [0, 0.1) is 5.92 Å². The monoisotopic (exact) mass is 328 g/mol. The summed E-state index contributed by atoms with van der Waals surface area (Å²) >= 11 is 0. The van der Waals surface area contributed by atoms with Crippen molar-refractivity contribution in [2.24, 2.45) is 5.92 Å². The van der Waals surface area contributed by atoms with Crippen molar-refractivity contribution >= 4 is 28.5 Å². The highest BCUT2D eigenvalue weighted by Gasteiger charge is 2.35. The standard InChI is InChI=1S/C17H20N4O3/c1-10(22)19-15-9-24-16-7-18-13(6-12(15)16)17(23)20-14-8-21-4-2-11(14)3-5-21/h6-7,9,11,14H,2-5,8H2,1H3,(H,19,22)(H,20,23)/t14-/m0/s1. The van der Waals surface area contributed by atoms with E-state index in [0.29, 0.717) is 28.3 Å². The Hall–Kier alpha value is -2.41. The molecular weight excluding hydrogens is 308 g/mol. The molecule has 2 aromatic heterocycles. The maximum absolute atomic E-state index is 12.6. The van der Waals surface area contributed by atoms with Gasteiger partial charge in [0.1, 0.15) is 12.0 Å². The van der Waals surface area contributed by atoms with E-state index < -0.39 is 0 Å². The molecule has 7 heteroatoms. The molecule has 5 rings (SSSR count). The quantitative estimate of drug-likeness (QED) is 0.894. The van der Waals surface area contributed by atoms with E-state index in [4.69, 9.17) is 4.42 Å². The molecule has 5 heterocycles. The lowest BCUT2D eigenvalue weighted by molar-refractivity contribution is -0.114. The van der Waals surface area contributed by atoms with Crippen molar-refractivity contribution in [2.75, 3.05) is 25.0 Å². The van der Waals surface area contributed by atoms with Gasteiger partial charge < -0.3 is 20.0 Å². The van der Waals surface area contributed by atoms with Crippen molar-refractivity contribution in [3.63, 3.8) is 0 Å². The summed E-state index contributed by atoms with van der Waals surface area (Å²) in [6.45, 7) is 4.62. The summed E-state index contributed by atoms with van der Waals surface area (Å²) < 4.78 is 5.36. The summed E-state index contributed by atoms with van der Waals surface area (Å²) in [5.41, 5.74) is 1.43. The van der Waals surface area contributed by atoms with Gasteiger partial charge in [-0.3, -0.25) is 9.59 Å². The van der Waals surface area contributed by atoms with Crippen LogP contribution in [0.4, 0.5) is 5.69 Å². The van der Waals surface area contributed by atoms with Crippen LogP contribution < -0.4 is 10.6 Å². The van der Waals surface area contributed by atoms with Crippen LogP contribution in [0.15, 0.2) is 22.9 Å². The first-order chi connectivity index (χ1) is 11.6. The van der Waals surface area contributed by atoms with Gasteiger partial charge in [0.15, 0.2) is 5.58 Å². The number of carbonyl (C=O) groups excluding carboxylic acids is 2. The third-order valence-electron chi connectivity index (χ3n) is 4.98. The molecule has 2 amide bonds. The van der Waals surface area contributed by atoms with Gasteiger partial charge >= 0.3 is 0 Å². The highest BCUT2D eigenvalue weighted by Crippen LogP contribution is 2.28. The third kappa shape index (κ3) is 2.75. The zero-order valence-corrected chi connectivity index (χ0v) is 13.5. The number of piperidine rings is 3. The summed E-state index contributed by atoms with van der Waals surface area (Å²) in [6.07, 6.45) is 5.27. The van der Waals surface area contributed by atoms with Crippen LogP contribution in [-0.4, -0.2) is 47.4 Å². The minimum atomic E-state index is -0.187. The van der Waals surface area contributed by atoms with Crippen LogP contribution in [0.2, 0.25) is 0 Å². The van der Waals surface area contributed by atoms with E-state index in [1.807, 2.05) is 0 Å². The van der Waals surface area contributed by atoms with E-state index in [-0.39, 0.29) is 17.9 Å². The Morgan fingerprint density at radius 1 is 1.33 bits per heavy atom. The summed E-state index contributed by atoms with van der Waals surface area (Å²) in [7, 11) is 0. The Kier molecular flexibility index (Phi) is 3.72. The van der Waals surface area contributed by atoms with Crippen molar-refractivity contribution in [1.82, 2.24) is 15.2 Å². The van der Waals surface area contributed by atoms with Gasteiger partial charge in [-0.25, -0.2) is 4.98 Å². The van der Waals surface area contributed by atoms with Gasteiger partial charge in [0.05, 0.1) is 11.9 Å². The second-order valence-corrected chi connectivity index (χ2v) is 6.61. The number of amides is 2. The molecule has 0 unspecified atom stereocenters. The Balaban J connectivity index is 1.54. The number of anilines is 1. The molecule has 7 nitrogen and oxygen atoms in total. The molecule has 3 saturated heterocycles. The van der Waals surface area contributed by atoms with E-state index in [1.165, 1.54) is 19.4 Å². The van der Waals surface area contributed by atoms with Gasteiger partial charge in [0.2, 0.25) is 5.91 Å². The maximum atomic E-state index is 12.6.